The molecule has 1 aliphatic rings. The van der Waals surface area contributed by atoms with Crippen LogP contribution >= 0.6 is 0 Å². The Labute approximate surface area is 158 Å². The highest BCUT2D eigenvalue weighted by Gasteiger charge is 2.36. The number of rotatable bonds is 12. The predicted molar refractivity (Wildman–Crippen MR) is 105 cm³/mol. The van der Waals surface area contributed by atoms with E-state index >= 15 is 0 Å². The van der Waals surface area contributed by atoms with Crippen molar-refractivity contribution in [2.75, 3.05) is 13.2 Å². The lowest BCUT2D eigenvalue weighted by atomic mass is 9.83. The van der Waals surface area contributed by atoms with E-state index in [9.17, 15) is 9.59 Å². The molecule has 1 aliphatic carbocycles. The molecule has 0 radical (unpaired) electrons. The zero-order chi connectivity index (χ0) is 19.0. The highest BCUT2D eigenvalue weighted by atomic mass is 16.5. The van der Waals surface area contributed by atoms with Gasteiger partial charge in [0.25, 0.3) is 0 Å². The van der Waals surface area contributed by atoms with E-state index in [0.29, 0.717) is 26.1 Å². The Bertz CT molecular complexity index is 446. The summed E-state index contributed by atoms with van der Waals surface area (Å²) in [6.07, 6.45) is 18.9. The van der Waals surface area contributed by atoms with E-state index in [1.54, 1.807) is 0 Å². The molecule has 0 aromatic rings. The molecule has 4 nitrogen and oxygen atoms in total. The van der Waals surface area contributed by atoms with Gasteiger partial charge in [-0.15, -0.1) is 0 Å². The van der Waals surface area contributed by atoms with Crippen LogP contribution in [-0.4, -0.2) is 25.2 Å². The van der Waals surface area contributed by atoms with Crippen molar-refractivity contribution in [1.29, 1.82) is 0 Å². The first kappa shape index (κ1) is 22.2. The standard InChI is InChI=1S/C22H34O4/c1-3-5-7-9-13-17-25-21(23)19-15-11-12-16-20(19)22(24)26-18-14-10-8-6-4-2/h5-8,11-12,19-20H,3-4,9-10,13-18H2,1-2H3/b7-5+,8-6+. The van der Waals surface area contributed by atoms with E-state index < -0.39 is 11.8 Å². The zero-order valence-electron chi connectivity index (χ0n) is 16.3. The third-order valence-electron chi connectivity index (χ3n) is 4.36. The van der Waals surface area contributed by atoms with E-state index in [2.05, 4.69) is 38.2 Å². The third-order valence-corrected chi connectivity index (χ3v) is 4.36. The van der Waals surface area contributed by atoms with Crippen molar-refractivity contribution in [2.45, 2.75) is 65.2 Å². The van der Waals surface area contributed by atoms with Crippen LogP contribution in [0.4, 0.5) is 0 Å². The summed E-state index contributed by atoms with van der Waals surface area (Å²) >= 11 is 0. The summed E-state index contributed by atoms with van der Waals surface area (Å²) in [4.78, 5) is 24.7. The first-order valence-corrected chi connectivity index (χ1v) is 9.98. The highest BCUT2D eigenvalue weighted by molar-refractivity contribution is 5.82. The number of carbonyl (C=O) groups excluding carboxylic acids is 2. The van der Waals surface area contributed by atoms with Crippen molar-refractivity contribution in [1.82, 2.24) is 0 Å². The van der Waals surface area contributed by atoms with Crippen LogP contribution in [0.25, 0.3) is 0 Å². The van der Waals surface area contributed by atoms with Crippen molar-refractivity contribution in [3.63, 3.8) is 0 Å². The van der Waals surface area contributed by atoms with Crippen molar-refractivity contribution >= 4 is 11.9 Å². The minimum atomic E-state index is -0.418. The van der Waals surface area contributed by atoms with Gasteiger partial charge in [0.2, 0.25) is 0 Å². The van der Waals surface area contributed by atoms with Gasteiger partial charge < -0.3 is 9.47 Å². The Morgan fingerprint density at radius 2 is 1.23 bits per heavy atom. The molecule has 0 N–H and O–H groups in total. The first-order valence-electron chi connectivity index (χ1n) is 9.98. The smallest absolute Gasteiger partial charge is 0.310 e. The van der Waals surface area contributed by atoms with Gasteiger partial charge in [-0.25, -0.2) is 0 Å². The van der Waals surface area contributed by atoms with Gasteiger partial charge in [-0.1, -0.05) is 50.3 Å². The number of allylic oxidation sites excluding steroid dienone is 6. The molecule has 0 aromatic carbocycles. The molecule has 0 saturated carbocycles. The molecule has 0 bridgehead atoms. The van der Waals surface area contributed by atoms with Crippen LogP contribution in [-0.2, 0) is 19.1 Å². The molecular weight excluding hydrogens is 328 g/mol. The van der Waals surface area contributed by atoms with Gasteiger partial charge in [-0.05, 0) is 51.4 Å². The van der Waals surface area contributed by atoms with Crippen LogP contribution in [0.1, 0.15) is 65.2 Å². The van der Waals surface area contributed by atoms with Crippen molar-refractivity contribution < 1.29 is 19.1 Å². The second kappa shape index (κ2) is 14.3. The number of unbranched alkanes of at least 4 members (excludes halogenated alkanes) is 2. The molecule has 146 valence electrons. The third kappa shape index (κ3) is 9.02. The summed E-state index contributed by atoms with van der Waals surface area (Å²) < 4.78 is 10.8. The maximum Gasteiger partial charge on any atom is 0.310 e. The second-order valence-electron chi connectivity index (χ2n) is 6.53. The van der Waals surface area contributed by atoms with E-state index in [1.165, 1.54) is 0 Å². The quantitative estimate of drug-likeness (QED) is 0.274. The fourth-order valence-corrected chi connectivity index (χ4v) is 2.87. The molecule has 0 aliphatic heterocycles. The molecule has 2 unspecified atom stereocenters. The molecule has 0 saturated heterocycles. The number of hydrogen-bond donors (Lipinski definition) is 0. The van der Waals surface area contributed by atoms with E-state index in [4.69, 9.17) is 9.47 Å². The number of carbonyl (C=O) groups is 2. The largest absolute Gasteiger partial charge is 0.465 e. The fraction of sp³-hybridized carbons (Fsp3) is 0.636. The minimum absolute atomic E-state index is 0.276. The normalized spacial score (nSPS) is 19.9. The SMILES string of the molecule is CC/C=C/CCCOC(=O)C1CC=CCC1C(=O)OCCC/C=C/CC. The van der Waals surface area contributed by atoms with Gasteiger partial charge in [-0.3, -0.25) is 9.59 Å². The van der Waals surface area contributed by atoms with Crippen molar-refractivity contribution in [3.8, 4) is 0 Å². The summed E-state index contributed by atoms with van der Waals surface area (Å²) in [6.45, 7) is 4.99. The van der Waals surface area contributed by atoms with Crippen LogP contribution in [0.2, 0.25) is 0 Å². The lowest BCUT2D eigenvalue weighted by Gasteiger charge is -2.25. The van der Waals surface area contributed by atoms with Gasteiger partial charge >= 0.3 is 11.9 Å². The summed E-state index contributed by atoms with van der Waals surface area (Å²) in [7, 11) is 0. The number of ether oxygens (including phenoxy) is 2. The van der Waals surface area contributed by atoms with Gasteiger partial charge in [0.1, 0.15) is 0 Å². The Balaban J connectivity index is 2.36. The van der Waals surface area contributed by atoms with Gasteiger partial charge in [-0.2, -0.15) is 0 Å². The van der Waals surface area contributed by atoms with Crippen LogP contribution in [0.15, 0.2) is 36.5 Å². The molecule has 0 heterocycles. The Kier molecular flexibility index (Phi) is 12.2. The molecule has 2 atom stereocenters. The molecule has 1 rings (SSSR count). The number of hydrogen-bond acceptors (Lipinski definition) is 4. The van der Waals surface area contributed by atoms with E-state index in [-0.39, 0.29) is 11.9 Å². The molecule has 0 spiro atoms. The lowest BCUT2D eigenvalue weighted by Crippen LogP contribution is -2.34. The Morgan fingerprint density at radius 1 is 0.808 bits per heavy atom. The summed E-state index contributed by atoms with van der Waals surface area (Å²) in [5, 5.41) is 0. The van der Waals surface area contributed by atoms with Crippen molar-refractivity contribution in [3.05, 3.63) is 36.5 Å². The average Bonchev–Trinajstić information content (AvgIpc) is 2.67. The highest BCUT2D eigenvalue weighted by Crippen LogP contribution is 2.28. The predicted octanol–water partition coefficient (Wildman–Crippen LogP) is 5.15. The maximum atomic E-state index is 12.4. The van der Waals surface area contributed by atoms with Crippen LogP contribution in [0.5, 0.6) is 0 Å². The van der Waals surface area contributed by atoms with Gasteiger partial charge in [0.15, 0.2) is 0 Å². The first-order chi connectivity index (χ1) is 12.7. The van der Waals surface area contributed by atoms with Crippen molar-refractivity contribution in [2.24, 2.45) is 11.8 Å². The van der Waals surface area contributed by atoms with Crippen LogP contribution in [0, 0.1) is 11.8 Å². The molecule has 0 amide bonds. The zero-order valence-corrected chi connectivity index (χ0v) is 16.3. The fourth-order valence-electron chi connectivity index (χ4n) is 2.87. The molecule has 4 heteroatoms. The van der Waals surface area contributed by atoms with Crippen LogP contribution < -0.4 is 0 Å². The van der Waals surface area contributed by atoms with Gasteiger partial charge in [0.05, 0.1) is 25.0 Å². The minimum Gasteiger partial charge on any atom is -0.465 e. The summed E-state index contributed by atoms with van der Waals surface area (Å²) in [5.74, 6) is -1.39. The maximum absolute atomic E-state index is 12.4. The lowest BCUT2D eigenvalue weighted by molar-refractivity contribution is -0.161. The van der Waals surface area contributed by atoms with Crippen LogP contribution in [0.3, 0.4) is 0 Å². The number of esters is 2. The Morgan fingerprint density at radius 3 is 1.62 bits per heavy atom. The van der Waals surface area contributed by atoms with E-state index in [0.717, 1.165) is 38.5 Å². The monoisotopic (exact) mass is 362 g/mol. The second-order valence-corrected chi connectivity index (χ2v) is 6.53. The Hall–Kier alpha value is -1.84. The summed E-state index contributed by atoms with van der Waals surface area (Å²) in [6, 6.07) is 0. The average molecular weight is 363 g/mol. The summed E-state index contributed by atoms with van der Waals surface area (Å²) in [5.41, 5.74) is 0. The van der Waals surface area contributed by atoms with E-state index in [1.807, 2.05) is 12.2 Å². The topological polar surface area (TPSA) is 52.6 Å². The molecular formula is C22H34O4. The molecule has 26 heavy (non-hydrogen) atoms. The molecule has 0 fully saturated rings. The molecule has 0 aromatic heterocycles. The van der Waals surface area contributed by atoms with Gasteiger partial charge in [0, 0.05) is 0 Å².